The second kappa shape index (κ2) is 7.85. The van der Waals surface area contributed by atoms with Crippen LogP contribution in [0.1, 0.15) is 30.4 Å². The number of hydrogen-bond donors (Lipinski definition) is 2. The summed E-state index contributed by atoms with van der Waals surface area (Å²) in [5.74, 6) is -0.176. The van der Waals surface area contributed by atoms with Gasteiger partial charge in [-0.1, -0.05) is 0 Å². The van der Waals surface area contributed by atoms with Gasteiger partial charge in [-0.15, -0.1) is 11.3 Å². The Morgan fingerprint density at radius 1 is 1.52 bits per heavy atom. The molecule has 2 aliphatic heterocycles. The van der Waals surface area contributed by atoms with E-state index in [-0.39, 0.29) is 24.5 Å². The van der Waals surface area contributed by atoms with E-state index in [0.717, 1.165) is 17.8 Å². The van der Waals surface area contributed by atoms with Crippen molar-refractivity contribution in [3.8, 4) is 0 Å². The lowest BCUT2D eigenvalue weighted by Gasteiger charge is -2.31. The predicted octanol–water partition coefficient (Wildman–Crippen LogP) is 0.301. The Kier molecular flexibility index (Phi) is 5.58. The van der Waals surface area contributed by atoms with E-state index in [9.17, 15) is 9.59 Å². The summed E-state index contributed by atoms with van der Waals surface area (Å²) in [4.78, 5) is 30.5. The molecule has 0 radical (unpaired) electrons. The molecule has 2 fully saturated rings. The first-order valence-electron chi connectivity index (χ1n) is 8.03. The maximum Gasteiger partial charge on any atom is 0.242 e. The van der Waals surface area contributed by atoms with Crippen molar-refractivity contribution in [1.82, 2.24) is 20.5 Å². The molecule has 0 aromatic carbocycles. The second-order valence-corrected chi connectivity index (χ2v) is 6.80. The summed E-state index contributed by atoms with van der Waals surface area (Å²) < 4.78 is 5.73. The van der Waals surface area contributed by atoms with E-state index >= 15 is 0 Å². The van der Waals surface area contributed by atoms with Crippen molar-refractivity contribution in [2.45, 2.75) is 31.4 Å². The highest BCUT2D eigenvalue weighted by Gasteiger charge is 2.27. The largest absolute Gasteiger partial charge is 0.368 e. The van der Waals surface area contributed by atoms with Gasteiger partial charge in [-0.3, -0.25) is 14.5 Å². The molecule has 0 spiro atoms. The van der Waals surface area contributed by atoms with Crippen LogP contribution in [-0.4, -0.2) is 60.5 Å². The average molecular weight is 338 g/mol. The van der Waals surface area contributed by atoms with Crippen LogP contribution < -0.4 is 10.6 Å². The molecule has 7 nitrogen and oxygen atoms in total. The molecule has 2 aliphatic rings. The normalized spacial score (nSPS) is 26.3. The molecule has 1 aromatic rings. The molecule has 2 N–H and O–H groups in total. The van der Waals surface area contributed by atoms with Crippen LogP contribution in [0, 0.1) is 0 Å². The maximum absolute atomic E-state index is 12.2. The summed E-state index contributed by atoms with van der Waals surface area (Å²) in [5.41, 5.74) is 0. The molecule has 2 atom stereocenters. The van der Waals surface area contributed by atoms with Crippen LogP contribution in [0.3, 0.4) is 0 Å². The highest BCUT2D eigenvalue weighted by atomic mass is 32.1. The van der Waals surface area contributed by atoms with Gasteiger partial charge < -0.3 is 15.4 Å². The van der Waals surface area contributed by atoms with Gasteiger partial charge in [0, 0.05) is 31.2 Å². The first-order chi connectivity index (χ1) is 11.2. The van der Waals surface area contributed by atoms with E-state index < -0.39 is 6.04 Å². The topological polar surface area (TPSA) is 83.6 Å². The quantitative estimate of drug-likeness (QED) is 0.825. The summed E-state index contributed by atoms with van der Waals surface area (Å²) in [7, 11) is 0. The monoisotopic (exact) mass is 338 g/mol. The fourth-order valence-electron chi connectivity index (χ4n) is 2.91. The third-order valence-electron chi connectivity index (χ3n) is 4.12. The van der Waals surface area contributed by atoms with Crippen LogP contribution in [-0.2, 0) is 14.3 Å². The van der Waals surface area contributed by atoms with Gasteiger partial charge in [0.2, 0.25) is 11.8 Å². The molecule has 0 unspecified atom stereocenters. The fraction of sp³-hybridized carbons (Fsp3) is 0.667. The minimum atomic E-state index is -0.402. The van der Waals surface area contributed by atoms with Crippen molar-refractivity contribution in [3.05, 3.63) is 16.6 Å². The Bertz CT molecular complexity index is 537. The number of carbonyl (C=O) groups is 2. The molecule has 0 bridgehead atoms. The number of rotatable bonds is 4. The molecule has 1 aromatic heterocycles. The van der Waals surface area contributed by atoms with E-state index in [1.807, 2.05) is 5.38 Å². The lowest BCUT2D eigenvalue weighted by Crippen LogP contribution is -2.50. The van der Waals surface area contributed by atoms with E-state index in [2.05, 4.69) is 20.5 Å². The van der Waals surface area contributed by atoms with E-state index in [1.54, 1.807) is 17.5 Å². The zero-order chi connectivity index (χ0) is 16.1. The first-order valence-corrected chi connectivity index (χ1v) is 8.91. The molecule has 8 heteroatoms. The number of carbonyl (C=O) groups excluding carboxylic acids is 2. The summed E-state index contributed by atoms with van der Waals surface area (Å²) in [6, 6.07) is -0.402. The van der Waals surface area contributed by atoms with Gasteiger partial charge >= 0.3 is 0 Å². The number of ether oxygens (including phenoxy) is 1. The Morgan fingerprint density at radius 2 is 2.43 bits per heavy atom. The zero-order valence-electron chi connectivity index (χ0n) is 13.0. The van der Waals surface area contributed by atoms with E-state index in [0.29, 0.717) is 32.7 Å². The number of amides is 2. The Morgan fingerprint density at radius 3 is 3.26 bits per heavy atom. The van der Waals surface area contributed by atoms with Gasteiger partial charge in [0.1, 0.15) is 17.2 Å². The predicted molar refractivity (Wildman–Crippen MR) is 86.0 cm³/mol. The van der Waals surface area contributed by atoms with Crippen molar-refractivity contribution in [1.29, 1.82) is 0 Å². The van der Waals surface area contributed by atoms with Crippen LogP contribution in [0.15, 0.2) is 11.6 Å². The van der Waals surface area contributed by atoms with E-state index in [1.165, 1.54) is 0 Å². The molecular formula is C15H22N4O3S. The van der Waals surface area contributed by atoms with Gasteiger partial charge in [0.15, 0.2) is 0 Å². The van der Waals surface area contributed by atoms with Crippen molar-refractivity contribution < 1.29 is 14.3 Å². The lowest BCUT2D eigenvalue weighted by atomic mass is 10.1. The highest BCUT2D eigenvalue weighted by molar-refractivity contribution is 7.09. The summed E-state index contributed by atoms with van der Waals surface area (Å²) >= 11 is 1.57. The third kappa shape index (κ3) is 4.49. The van der Waals surface area contributed by atoms with Crippen LogP contribution >= 0.6 is 11.3 Å². The maximum atomic E-state index is 12.2. The Labute approximate surface area is 139 Å². The Balaban J connectivity index is 1.50. The number of hydrogen-bond acceptors (Lipinski definition) is 6. The smallest absolute Gasteiger partial charge is 0.242 e. The molecule has 2 saturated heterocycles. The standard InChI is InChI=1S/C15H22N4O3S/c20-13(18-11-3-1-2-4-16-14(11)21)10-19-6-7-22-12(9-19)15-17-5-8-23-15/h5,8,11-12H,1-4,6-7,9-10H2,(H,16,21)(H,18,20)/t11-,12-/m1/s1. The molecule has 23 heavy (non-hydrogen) atoms. The lowest BCUT2D eigenvalue weighted by molar-refractivity contribution is -0.130. The van der Waals surface area contributed by atoms with Gasteiger partial charge in [-0.25, -0.2) is 4.98 Å². The summed E-state index contributed by atoms with van der Waals surface area (Å²) in [5, 5.41) is 8.56. The minimum Gasteiger partial charge on any atom is -0.368 e. The highest BCUT2D eigenvalue weighted by Crippen LogP contribution is 2.23. The summed E-state index contributed by atoms with van der Waals surface area (Å²) in [6.45, 7) is 2.94. The van der Waals surface area contributed by atoms with Gasteiger partial charge in [-0.2, -0.15) is 0 Å². The molecular weight excluding hydrogens is 316 g/mol. The van der Waals surface area contributed by atoms with Crippen molar-refractivity contribution in [3.63, 3.8) is 0 Å². The molecule has 3 rings (SSSR count). The van der Waals surface area contributed by atoms with E-state index in [4.69, 9.17) is 4.74 Å². The van der Waals surface area contributed by atoms with Gasteiger partial charge in [0.05, 0.1) is 13.2 Å². The summed E-state index contributed by atoms with van der Waals surface area (Å²) in [6.07, 6.45) is 4.32. The first kappa shape index (κ1) is 16.4. The number of aromatic nitrogens is 1. The molecule has 2 amide bonds. The fourth-order valence-corrected chi connectivity index (χ4v) is 3.59. The third-order valence-corrected chi connectivity index (χ3v) is 4.98. The van der Waals surface area contributed by atoms with Crippen LogP contribution in [0.2, 0.25) is 0 Å². The molecule has 0 saturated carbocycles. The van der Waals surface area contributed by atoms with Crippen LogP contribution in [0.4, 0.5) is 0 Å². The molecule has 126 valence electrons. The Hall–Kier alpha value is -1.51. The van der Waals surface area contributed by atoms with Gasteiger partial charge in [0.25, 0.3) is 0 Å². The second-order valence-electron chi connectivity index (χ2n) is 5.87. The number of morpholine rings is 1. The average Bonchev–Trinajstić information content (AvgIpc) is 3.01. The number of thiazole rings is 1. The van der Waals surface area contributed by atoms with Gasteiger partial charge in [-0.05, 0) is 19.3 Å². The zero-order valence-corrected chi connectivity index (χ0v) is 13.8. The molecule has 0 aliphatic carbocycles. The SMILES string of the molecule is O=C(CN1CCO[C@@H](c2nccs2)C1)N[C@@H]1CCCCNC1=O. The number of nitrogens with zero attached hydrogens (tertiary/aromatic N) is 2. The van der Waals surface area contributed by atoms with Crippen molar-refractivity contribution in [2.75, 3.05) is 32.8 Å². The van der Waals surface area contributed by atoms with Crippen molar-refractivity contribution in [2.24, 2.45) is 0 Å². The van der Waals surface area contributed by atoms with Crippen LogP contribution in [0.5, 0.6) is 0 Å². The number of nitrogens with one attached hydrogen (secondary N) is 2. The van der Waals surface area contributed by atoms with Crippen LogP contribution in [0.25, 0.3) is 0 Å². The van der Waals surface area contributed by atoms with Crippen molar-refractivity contribution >= 4 is 23.2 Å². The minimum absolute atomic E-state index is 0.0708. The molecule has 3 heterocycles.